The molecule has 0 atom stereocenters. The zero-order valence-corrected chi connectivity index (χ0v) is 14.3. The molecule has 0 amide bonds. The second-order valence-corrected chi connectivity index (χ2v) is 7.48. The van der Waals surface area contributed by atoms with Crippen molar-refractivity contribution in [3.05, 3.63) is 57.6 Å². The van der Waals surface area contributed by atoms with Gasteiger partial charge in [-0.1, -0.05) is 34.1 Å². The highest BCUT2D eigenvalue weighted by Crippen LogP contribution is 2.23. The van der Waals surface area contributed by atoms with Gasteiger partial charge in [0.25, 0.3) is 0 Å². The van der Waals surface area contributed by atoms with Gasteiger partial charge in [0, 0.05) is 16.7 Å². The molecule has 0 unspecified atom stereocenters. The van der Waals surface area contributed by atoms with Crippen LogP contribution in [0.1, 0.15) is 16.7 Å². The number of sulfonamides is 1. The third-order valence-electron chi connectivity index (χ3n) is 3.24. The lowest BCUT2D eigenvalue weighted by Gasteiger charge is -2.12. The Bertz CT molecular complexity index is 773. The van der Waals surface area contributed by atoms with Crippen LogP contribution >= 0.6 is 15.9 Å². The third-order valence-corrected chi connectivity index (χ3v) is 5.55. The first-order valence-electron chi connectivity index (χ1n) is 6.41. The van der Waals surface area contributed by atoms with Gasteiger partial charge in [-0.15, -0.1) is 0 Å². The minimum absolute atomic E-state index is 0.219. The molecular formula is C15H17BrN2O2S. The fourth-order valence-electron chi connectivity index (χ4n) is 2.02. The SMILES string of the molecule is Cc1cc(N)c(C)c(S(=O)(=O)NCc2ccccc2Br)c1. The van der Waals surface area contributed by atoms with Crippen LogP contribution in [0.2, 0.25) is 0 Å². The summed E-state index contributed by atoms with van der Waals surface area (Å²) in [4.78, 5) is 0.229. The van der Waals surface area contributed by atoms with Gasteiger partial charge in [0.1, 0.15) is 0 Å². The molecule has 2 aromatic rings. The van der Waals surface area contributed by atoms with E-state index < -0.39 is 10.0 Å². The van der Waals surface area contributed by atoms with Crippen LogP contribution in [-0.4, -0.2) is 8.42 Å². The molecule has 0 saturated heterocycles. The number of aryl methyl sites for hydroxylation is 1. The van der Waals surface area contributed by atoms with Crippen molar-refractivity contribution in [3.63, 3.8) is 0 Å². The Kier molecular flexibility index (Phi) is 4.70. The minimum atomic E-state index is -3.60. The van der Waals surface area contributed by atoms with Crippen molar-refractivity contribution in [2.24, 2.45) is 0 Å². The molecule has 112 valence electrons. The van der Waals surface area contributed by atoms with Crippen molar-refractivity contribution >= 4 is 31.6 Å². The molecule has 21 heavy (non-hydrogen) atoms. The molecule has 0 spiro atoms. The Balaban J connectivity index is 2.30. The molecule has 3 N–H and O–H groups in total. The zero-order chi connectivity index (χ0) is 15.6. The average Bonchev–Trinajstić information content (AvgIpc) is 2.42. The number of hydrogen-bond acceptors (Lipinski definition) is 3. The molecule has 0 aliphatic carbocycles. The van der Waals surface area contributed by atoms with Gasteiger partial charge in [-0.2, -0.15) is 0 Å². The molecule has 0 aliphatic rings. The first-order chi connectivity index (χ1) is 9.81. The lowest BCUT2D eigenvalue weighted by Crippen LogP contribution is -2.24. The molecule has 0 aliphatic heterocycles. The summed E-state index contributed by atoms with van der Waals surface area (Å²) >= 11 is 3.40. The first kappa shape index (κ1) is 16.0. The van der Waals surface area contributed by atoms with Gasteiger partial charge in [0.15, 0.2) is 0 Å². The second kappa shape index (κ2) is 6.17. The molecule has 0 fully saturated rings. The van der Waals surface area contributed by atoms with Crippen LogP contribution in [0.15, 0.2) is 45.8 Å². The highest BCUT2D eigenvalue weighted by molar-refractivity contribution is 9.10. The zero-order valence-electron chi connectivity index (χ0n) is 11.9. The number of halogens is 1. The number of rotatable bonds is 4. The van der Waals surface area contributed by atoms with E-state index >= 15 is 0 Å². The molecule has 2 aromatic carbocycles. The van der Waals surface area contributed by atoms with E-state index in [9.17, 15) is 8.42 Å². The Hall–Kier alpha value is -1.37. The van der Waals surface area contributed by atoms with Gasteiger partial charge in [-0.3, -0.25) is 0 Å². The number of nitrogen functional groups attached to an aromatic ring is 1. The monoisotopic (exact) mass is 368 g/mol. The summed E-state index contributed by atoms with van der Waals surface area (Å²) in [5, 5.41) is 0. The Morgan fingerprint density at radius 2 is 1.86 bits per heavy atom. The third kappa shape index (κ3) is 3.64. The maximum absolute atomic E-state index is 12.5. The standard InChI is InChI=1S/C15H17BrN2O2S/c1-10-7-14(17)11(2)15(8-10)21(19,20)18-9-12-5-3-4-6-13(12)16/h3-8,18H,9,17H2,1-2H3. The molecule has 6 heteroatoms. The number of nitrogens with one attached hydrogen (secondary N) is 1. The van der Waals surface area contributed by atoms with Crippen LogP contribution in [0, 0.1) is 13.8 Å². The molecule has 0 aromatic heterocycles. The fraction of sp³-hybridized carbons (Fsp3) is 0.200. The molecule has 4 nitrogen and oxygen atoms in total. The van der Waals surface area contributed by atoms with E-state index in [0.29, 0.717) is 11.3 Å². The normalized spacial score (nSPS) is 11.6. The summed E-state index contributed by atoms with van der Waals surface area (Å²) < 4.78 is 28.4. The van der Waals surface area contributed by atoms with E-state index in [1.807, 2.05) is 31.2 Å². The maximum atomic E-state index is 12.5. The predicted octanol–water partition coefficient (Wildman–Crippen LogP) is 3.13. The number of benzene rings is 2. The number of anilines is 1. The summed E-state index contributed by atoms with van der Waals surface area (Å²) in [5.74, 6) is 0. The van der Waals surface area contributed by atoms with Crippen LogP contribution < -0.4 is 10.5 Å². The van der Waals surface area contributed by atoms with Crippen molar-refractivity contribution in [1.29, 1.82) is 0 Å². The summed E-state index contributed by atoms with van der Waals surface area (Å²) in [5.41, 5.74) is 8.60. The molecule has 0 bridgehead atoms. The molecule has 0 radical (unpaired) electrons. The van der Waals surface area contributed by atoms with Gasteiger partial charge >= 0.3 is 0 Å². The van der Waals surface area contributed by atoms with Crippen LogP contribution in [-0.2, 0) is 16.6 Å². The Morgan fingerprint density at radius 1 is 1.19 bits per heavy atom. The highest BCUT2D eigenvalue weighted by Gasteiger charge is 2.18. The fourth-order valence-corrected chi connectivity index (χ4v) is 3.81. The van der Waals surface area contributed by atoms with Crippen LogP contribution in [0.25, 0.3) is 0 Å². The summed E-state index contributed by atoms with van der Waals surface area (Å²) in [7, 11) is -3.60. The summed E-state index contributed by atoms with van der Waals surface area (Å²) in [6.07, 6.45) is 0. The van der Waals surface area contributed by atoms with E-state index in [2.05, 4.69) is 20.7 Å². The summed E-state index contributed by atoms with van der Waals surface area (Å²) in [6.45, 7) is 3.75. The molecule has 0 saturated carbocycles. The van der Waals surface area contributed by atoms with Crippen molar-refractivity contribution in [2.75, 3.05) is 5.73 Å². The van der Waals surface area contributed by atoms with E-state index in [0.717, 1.165) is 15.6 Å². The number of hydrogen-bond donors (Lipinski definition) is 2. The highest BCUT2D eigenvalue weighted by atomic mass is 79.9. The lowest BCUT2D eigenvalue weighted by molar-refractivity contribution is 0.580. The second-order valence-electron chi connectivity index (χ2n) is 4.89. The van der Waals surface area contributed by atoms with Crippen molar-refractivity contribution in [1.82, 2.24) is 4.72 Å². The predicted molar refractivity (Wildman–Crippen MR) is 88.5 cm³/mol. The maximum Gasteiger partial charge on any atom is 0.241 e. The Morgan fingerprint density at radius 3 is 2.52 bits per heavy atom. The Labute approximate surface area is 133 Å². The average molecular weight is 369 g/mol. The van der Waals surface area contributed by atoms with Crippen molar-refractivity contribution < 1.29 is 8.42 Å². The topological polar surface area (TPSA) is 72.2 Å². The van der Waals surface area contributed by atoms with Gasteiger partial charge in [-0.25, -0.2) is 13.1 Å². The van der Waals surface area contributed by atoms with Crippen molar-refractivity contribution in [3.8, 4) is 0 Å². The lowest BCUT2D eigenvalue weighted by atomic mass is 10.1. The van der Waals surface area contributed by atoms with Crippen LogP contribution in [0.4, 0.5) is 5.69 Å². The largest absolute Gasteiger partial charge is 0.398 e. The van der Waals surface area contributed by atoms with Gasteiger partial charge < -0.3 is 5.73 Å². The van der Waals surface area contributed by atoms with Gasteiger partial charge in [-0.05, 0) is 48.7 Å². The molecular weight excluding hydrogens is 352 g/mol. The van der Waals surface area contributed by atoms with Crippen LogP contribution in [0.5, 0.6) is 0 Å². The van der Waals surface area contributed by atoms with Gasteiger partial charge in [0.05, 0.1) is 4.90 Å². The van der Waals surface area contributed by atoms with Gasteiger partial charge in [0.2, 0.25) is 10.0 Å². The van der Waals surface area contributed by atoms with E-state index in [1.165, 1.54) is 0 Å². The molecule has 2 rings (SSSR count). The van der Waals surface area contributed by atoms with Crippen LogP contribution in [0.3, 0.4) is 0 Å². The minimum Gasteiger partial charge on any atom is -0.398 e. The molecule has 0 heterocycles. The quantitative estimate of drug-likeness (QED) is 0.814. The van der Waals surface area contributed by atoms with E-state index in [1.54, 1.807) is 19.1 Å². The number of nitrogens with two attached hydrogens (primary N) is 1. The van der Waals surface area contributed by atoms with Crippen molar-refractivity contribution in [2.45, 2.75) is 25.3 Å². The first-order valence-corrected chi connectivity index (χ1v) is 8.68. The van der Waals surface area contributed by atoms with E-state index in [4.69, 9.17) is 5.73 Å². The smallest absolute Gasteiger partial charge is 0.241 e. The summed E-state index contributed by atoms with van der Waals surface area (Å²) in [6, 6.07) is 10.9. The van der Waals surface area contributed by atoms with E-state index in [-0.39, 0.29) is 11.4 Å².